The zero-order chi connectivity index (χ0) is 14.5. The summed E-state index contributed by atoms with van der Waals surface area (Å²) >= 11 is 1.66. The molecule has 0 aliphatic rings. The van der Waals surface area contributed by atoms with Crippen molar-refractivity contribution < 1.29 is 9.21 Å². The number of nitrogens with one attached hydrogen (secondary N) is 1. The van der Waals surface area contributed by atoms with Gasteiger partial charge >= 0.3 is 0 Å². The lowest BCUT2D eigenvalue weighted by molar-refractivity contribution is 0.0904. The number of nitrogens with zero attached hydrogens (tertiary/aromatic N) is 1. The number of rotatable bonds is 6. The van der Waals surface area contributed by atoms with Crippen molar-refractivity contribution >= 4 is 17.2 Å². The summed E-state index contributed by atoms with van der Waals surface area (Å²) in [5, 5.41) is 5.08. The van der Waals surface area contributed by atoms with Gasteiger partial charge in [-0.15, -0.1) is 11.3 Å². The highest BCUT2D eigenvalue weighted by atomic mass is 32.1. The van der Waals surface area contributed by atoms with Crippen molar-refractivity contribution in [1.82, 2.24) is 10.3 Å². The third kappa shape index (κ3) is 3.28. The zero-order valence-electron chi connectivity index (χ0n) is 12.1. The van der Waals surface area contributed by atoms with Crippen molar-refractivity contribution in [3.63, 3.8) is 0 Å². The van der Waals surface area contributed by atoms with Gasteiger partial charge in [-0.2, -0.15) is 0 Å². The quantitative estimate of drug-likeness (QED) is 0.879. The summed E-state index contributed by atoms with van der Waals surface area (Å²) in [7, 11) is 0. The van der Waals surface area contributed by atoms with E-state index in [0.717, 1.165) is 12.8 Å². The van der Waals surface area contributed by atoms with Crippen LogP contribution >= 0.6 is 11.3 Å². The van der Waals surface area contributed by atoms with E-state index in [-0.39, 0.29) is 11.9 Å². The molecule has 0 aliphatic heterocycles. The standard InChI is InChI=1S/C15H20N2O2S/c1-4-7-11(12-8-6-9-20-12)17-15(18)14-10(3)16-13(5-2)19-14/h6,8-9,11H,4-5,7H2,1-3H3,(H,17,18)/t11-/m1/s1. The van der Waals surface area contributed by atoms with E-state index >= 15 is 0 Å². The lowest BCUT2D eigenvalue weighted by Crippen LogP contribution is -2.28. The van der Waals surface area contributed by atoms with Crippen LogP contribution in [0, 0.1) is 6.92 Å². The molecule has 2 aromatic heterocycles. The highest BCUT2D eigenvalue weighted by Gasteiger charge is 2.21. The zero-order valence-corrected chi connectivity index (χ0v) is 12.9. The lowest BCUT2D eigenvalue weighted by atomic mass is 10.1. The van der Waals surface area contributed by atoms with Crippen LogP contribution in [0.4, 0.5) is 0 Å². The first kappa shape index (κ1) is 14.8. The van der Waals surface area contributed by atoms with Gasteiger partial charge in [-0.25, -0.2) is 4.98 Å². The van der Waals surface area contributed by atoms with Crippen molar-refractivity contribution in [2.24, 2.45) is 0 Å². The van der Waals surface area contributed by atoms with E-state index in [2.05, 4.69) is 23.3 Å². The van der Waals surface area contributed by atoms with Crippen molar-refractivity contribution in [3.05, 3.63) is 39.7 Å². The maximum absolute atomic E-state index is 12.3. The molecule has 0 unspecified atom stereocenters. The molecule has 2 heterocycles. The Balaban J connectivity index is 2.13. The first-order valence-corrected chi connectivity index (χ1v) is 7.84. The van der Waals surface area contributed by atoms with Gasteiger partial charge in [-0.05, 0) is 24.8 Å². The third-order valence-corrected chi connectivity index (χ3v) is 4.10. The fraction of sp³-hybridized carbons (Fsp3) is 0.467. The first-order chi connectivity index (χ1) is 9.65. The van der Waals surface area contributed by atoms with Gasteiger partial charge < -0.3 is 9.73 Å². The van der Waals surface area contributed by atoms with E-state index < -0.39 is 0 Å². The Hall–Kier alpha value is -1.62. The normalized spacial score (nSPS) is 12.3. The highest BCUT2D eigenvalue weighted by molar-refractivity contribution is 7.10. The van der Waals surface area contributed by atoms with Gasteiger partial charge in [0.25, 0.3) is 5.91 Å². The average Bonchev–Trinajstić information content (AvgIpc) is 3.07. The van der Waals surface area contributed by atoms with Gasteiger partial charge in [-0.3, -0.25) is 4.79 Å². The highest BCUT2D eigenvalue weighted by Crippen LogP contribution is 2.24. The van der Waals surface area contributed by atoms with Crippen LogP contribution in [-0.2, 0) is 6.42 Å². The SMILES string of the molecule is CCC[C@@H](NC(=O)c1oc(CC)nc1C)c1cccs1. The van der Waals surface area contributed by atoms with Gasteiger partial charge in [0.15, 0.2) is 5.89 Å². The molecule has 2 aromatic rings. The van der Waals surface area contributed by atoms with E-state index in [1.54, 1.807) is 18.3 Å². The molecule has 2 rings (SSSR count). The number of oxazole rings is 1. The molecule has 0 bridgehead atoms. The van der Waals surface area contributed by atoms with E-state index in [9.17, 15) is 4.79 Å². The van der Waals surface area contributed by atoms with Crippen molar-refractivity contribution in [2.45, 2.75) is 46.1 Å². The number of hydrogen-bond acceptors (Lipinski definition) is 4. The molecule has 0 aliphatic carbocycles. The second kappa shape index (κ2) is 6.70. The average molecular weight is 292 g/mol. The van der Waals surface area contributed by atoms with Crippen LogP contribution in [-0.4, -0.2) is 10.9 Å². The Labute approximate surface area is 123 Å². The summed E-state index contributed by atoms with van der Waals surface area (Å²) in [6, 6.07) is 4.10. The minimum atomic E-state index is -0.179. The lowest BCUT2D eigenvalue weighted by Gasteiger charge is -2.15. The van der Waals surface area contributed by atoms with Gasteiger partial charge in [0.1, 0.15) is 0 Å². The fourth-order valence-corrected chi connectivity index (χ4v) is 2.91. The Morgan fingerprint density at radius 3 is 2.85 bits per heavy atom. The van der Waals surface area contributed by atoms with Crippen LogP contribution in [0.1, 0.15) is 59.7 Å². The molecule has 5 heteroatoms. The predicted octanol–water partition coefficient (Wildman–Crippen LogP) is 3.88. The maximum atomic E-state index is 12.3. The Bertz CT molecular complexity index is 560. The van der Waals surface area contributed by atoms with Crippen LogP contribution < -0.4 is 5.32 Å². The van der Waals surface area contributed by atoms with Crippen LogP contribution in [0.5, 0.6) is 0 Å². The number of hydrogen-bond donors (Lipinski definition) is 1. The maximum Gasteiger partial charge on any atom is 0.289 e. The summed E-state index contributed by atoms with van der Waals surface area (Å²) < 4.78 is 5.50. The molecule has 0 aromatic carbocycles. The van der Waals surface area contributed by atoms with E-state index in [0.29, 0.717) is 23.8 Å². The summed E-state index contributed by atoms with van der Waals surface area (Å²) in [4.78, 5) is 17.8. The van der Waals surface area contributed by atoms with E-state index in [4.69, 9.17) is 4.42 Å². The molecule has 1 N–H and O–H groups in total. The number of thiophene rings is 1. The van der Waals surface area contributed by atoms with Crippen molar-refractivity contribution in [1.29, 1.82) is 0 Å². The molecule has 0 saturated heterocycles. The summed E-state index contributed by atoms with van der Waals surface area (Å²) in [5.41, 5.74) is 0.653. The molecule has 108 valence electrons. The molecule has 20 heavy (non-hydrogen) atoms. The van der Waals surface area contributed by atoms with Gasteiger partial charge in [0.2, 0.25) is 5.76 Å². The molecule has 0 fully saturated rings. The molecule has 0 spiro atoms. The summed E-state index contributed by atoms with van der Waals surface area (Å²) in [6.07, 6.45) is 2.62. The second-order valence-corrected chi connectivity index (χ2v) is 5.69. The Morgan fingerprint density at radius 1 is 1.50 bits per heavy atom. The largest absolute Gasteiger partial charge is 0.435 e. The van der Waals surface area contributed by atoms with E-state index in [1.807, 2.05) is 18.4 Å². The first-order valence-electron chi connectivity index (χ1n) is 6.96. The molecular weight excluding hydrogens is 272 g/mol. The number of aryl methyl sites for hydroxylation is 2. The summed E-state index contributed by atoms with van der Waals surface area (Å²) in [6.45, 7) is 5.87. The van der Waals surface area contributed by atoms with Crippen molar-refractivity contribution in [3.8, 4) is 0 Å². The Morgan fingerprint density at radius 2 is 2.30 bits per heavy atom. The fourth-order valence-electron chi connectivity index (χ4n) is 2.10. The number of aromatic nitrogens is 1. The minimum Gasteiger partial charge on any atom is -0.435 e. The van der Waals surface area contributed by atoms with Crippen LogP contribution in [0.25, 0.3) is 0 Å². The van der Waals surface area contributed by atoms with Gasteiger partial charge in [0, 0.05) is 11.3 Å². The van der Waals surface area contributed by atoms with Crippen LogP contribution in [0.2, 0.25) is 0 Å². The van der Waals surface area contributed by atoms with Crippen molar-refractivity contribution in [2.75, 3.05) is 0 Å². The molecule has 1 atom stereocenters. The van der Waals surface area contributed by atoms with Crippen LogP contribution in [0.3, 0.4) is 0 Å². The monoisotopic (exact) mass is 292 g/mol. The van der Waals surface area contributed by atoms with Gasteiger partial charge in [0.05, 0.1) is 11.7 Å². The number of amides is 1. The minimum absolute atomic E-state index is 0.0436. The van der Waals surface area contributed by atoms with Gasteiger partial charge in [-0.1, -0.05) is 26.3 Å². The number of carbonyl (C=O) groups excluding carboxylic acids is 1. The Kier molecular flexibility index (Phi) is 4.95. The molecule has 0 saturated carbocycles. The molecular formula is C15H20N2O2S. The summed E-state index contributed by atoms with van der Waals surface area (Å²) in [5.74, 6) is 0.761. The third-order valence-electron chi connectivity index (χ3n) is 3.12. The smallest absolute Gasteiger partial charge is 0.289 e. The van der Waals surface area contributed by atoms with E-state index in [1.165, 1.54) is 4.88 Å². The predicted molar refractivity (Wildman–Crippen MR) is 80.1 cm³/mol. The number of carbonyl (C=O) groups is 1. The second-order valence-electron chi connectivity index (χ2n) is 4.71. The molecule has 4 nitrogen and oxygen atoms in total. The molecule has 0 radical (unpaired) electrons. The van der Waals surface area contributed by atoms with Crippen LogP contribution in [0.15, 0.2) is 21.9 Å². The molecule has 1 amide bonds. The topological polar surface area (TPSA) is 55.1 Å².